The van der Waals surface area contributed by atoms with Gasteiger partial charge in [0.05, 0.1) is 18.1 Å². The van der Waals surface area contributed by atoms with Crippen LogP contribution in [0.1, 0.15) is 36.5 Å². The zero-order valence-corrected chi connectivity index (χ0v) is 14.4. The van der Waals surface area contributed by atoms with Gasteiger partial charge in [0.2, 0.25) is 5.91 Å². The van der Waals surface area contributed by atoms with Crippen LogP contribution in [0.5, 0.6) is 5.75 Å². The van der Waals surface area contributed by atoms with Gasteiger partial charge in [0, 0.05) is 12.0 Å². The highest BCUT2D eigenvalue weighted by Gasteiger charge is 2.29. The first-order valence-corrected chi connectivity index (χ1v) is 9.74. The first kappa shape index (κ1) is 18.3. The molecule has 1 fully saturated rings. The molecular weight excluding hydrogens is 332 g/mol. The van der Waals surface area contributed by atoms with E-state index in [1.807, 2.05) is 6.92 Å². The number of carbonyl (C=O) groups excluding carboxylic acids is 2. The van der Waals surface area contributed by atoms with E-state index < -0.39 is 21.7 Å². The summed E-state index contributed by atoms with van der Waals surface area (Å²) in [5.74, 6) is -0.287. The number of sulfone groups is 1. The predicted molar refractivity (Wildman–Crippen MR) is 89.2 cm³/mol. The summed E-state index contributed by atoms with van der Waals surface area (Å²) in [4.78, 5) is 23.8. The maximum atomic E-state index is 12.0. The molecule has 2 rings (SSSR count). The first-order chi connectivity index (χ1) is 11.4. The van der Waals surface area contributed by atoms with Gasteiger partial charge in [0.25, 0.3) is 5.91 Å². The van der Waals surface area contributed by atoms with E-state index in [9.17, 15) is 18.0 Å². The van der Waals surface area contributed by atoms with Crippen molar-refractivity contribution in [2.45, 2.75) is 26.2 Å². The van der Waals surface area contributed by atoms with E-state index in [-0.39, 0.29) is 23.8 Å². The molecule has 1 aromatic carbocycles. The average molecular weight is 354 g/mol. The van der Waals surface area contributed by atoms with Gasteiger partial charge in [-0.2, -0.15) is 0 Å². The lowest BCUT2D eigenvalue weighted by Gasteiger charge is -2.11. The third-order valence-electron chi connectivity index (χ3n) is 3.69. The highest BCUT2D eigenvalue weighted by Crippen LogP contribution is 2.21. The molecule has 132 valence electrons. The Labute approximate surface area is 141 Å². The van der Waals surface area contributed by atoms with Crippen LogP contribution < -0.4 is 15.6 Å². The molecule has 0 saturated carbocycles. The molecule has 2 N–H and O–H groups in total. The van der Waals surface area contributed by atoms with Crippen molar-refractivity contribution in [2.75, 3.05) is 18.1 Å². The van der Waals surface area contributed by atoms with Crippen LogP contribution in [0.15, 0.2) is 24.3 Å². The Kier molecular flexibility index (Phi) is 6.19. The molecule has 24 heavy (non-hydrogen) atoms. The Bertz CT molecular complexity index is 702. The summed E-state index contributed by atoms with van der Waals surface area (Å²) in [6, 6.07) is 6.67. The van der Waals surface area contributed by atoms with Crippen LogP contribution in [0.3, 0.4) is 0 Å². The summed E-state index contributed by atoms with van der Waals surface area (Å²) in [7, 11) is -3.01. The highest BCUT2D eigenvalue weighted by atomic mass is 32.2. The van der Waals surface area contributed by atoms with Gasteiger partial charge in [-0.25, -0.2) is 8.42 Å². The van der Waals surface area contributed by atoms with Crippen molar-refractivity contribution in [1.29, 1.82) is 0 Å². The summed E-state index contributed by atoms with van der Waals surface area (Å²) < 4.78 is 28.2. The Balaban J connectivity index is 1.81. The fourth-order valence-electron chi connectivity index (χ4n) is 2.49. The van der Waals surface area contributed by atoms with Crippen LogP contribution in [-0.2, 0) is 14.6 Å². The molecule has 1 aliphatic rings. The molecule has 1 atom stereocenters. The van der Waals surface area contributed by atoms with Gasteiger partial charge in [0.1, 0.15) is 5.75 Å². The molecule has 1 aliphatic heterocycles. The van der Waals surface area contributed by atoms with Crippen molar-refractivity contribution in [3.63, 3.8) is 0 Å². The summed E-state index contributed by atoms with van der Waals surface area (Å²) in [5.41, 5.74) is 5.02. The van der Waals surface area contributed by atoms with Crippen LogP contribution in [0.2, 0.25) is 0 Å². The van der Waals surface area contributed by atoms with Gasteiger partial charge in [-0.05, 0) is 37.0 Å². The molecule has 0 aromatic heterocycles. The summed E-state index contributed by atoms with van der Waals surface area (Å²) in [6.07, 6.45) is 1.43. The fourth-order valence-corrected chi connectivity index (χ4v) is 4.35. The van der Waals surface area contributed by atoms with E-state index in [1.165, 1.54) is 0 Å². The number of ether oxygens (including phenoxy) is 1. The molecule has 1 unspecified atom stereocenters. The summed E-state index contributed by atoms with van der Waals surface area (Å²) >= 11 is 0. The van der Waals surface area contributed by atoms with E-state index in [0.717, 1.165) is 6.42 Å². The van der Waals surface area contributed by atoms with Crippen LogP contribution >= 0.6 is 0 Å². The largest absolute Gasteiger partial charge is 0.494 e. The standard InChI is InChI=1S/C16H22N2O5S/c1-2-7-23-14-5-3-4-13(10-14)16(20)18-17-15(19)9-12-6-8-24(21,22)11-12/h3-5,10,12H,2,6-9,11H2,1H3,(H,17,19)(H,18,20). The number of hydrazine groups is 1. The minimum absolute atomic E-state index is 0.0329. The van der Waals surface area contributed by atoms with Crippen LogP contribution in [-0.4, -0.2) is 38.3 Å². The summed E-state index contributed by atoms with van der Waals surface area (Å²) in [5, 5.41) is 0. The Morgan fingerprint density at radius 1 is 1.29 bits per heavy atom. The number of hydrogen-bond acceptors (Lipinski definition) is 5. The smallest absolute Gasteiger partial charge is 0.269 e. The van der Waals surface area contributed by atoms with E-state index in [0.29, 0.717) is 24.3 Å². The molecule has 7 nitrogen and oxygen atoms in total. The van der Waals surface area contributed by atoms with Gasteiger partial charge in [-0.15, -0.1) is 0 Å². The second-order valence-corrected chi connectivity index (χ2v) is 8.08. The van der Waals surface area contributed by atoms with Gasteiger partial charge >= 0.3 is 0 Å². The van der Waals surface area contributed by atoms with Crippen LogP contribution in [0, 0.1) is 5.92 Å². The topological polar surface area (TPSA) is 102 Å². The lowest BCUT2D eigenvalue weighted by atomic mass is 10.1. The number of benzene rings is 1. The van der Waals surface area contributed by atoms with Crippen LogP contribution in [0.25, 0.3) is 0 Å². The zero-order valence-electron chi connectivity index (χ0n) is 13.6. The number of rotatable bonds is 6. The maximum Gasteiger partial charge on any atom is 0.269 e. The van der Waals surface area contributed by atoms with Crippen molar-refractivity contribution < 1.29 is 22.7 Å². The van der Waals surface area contributed by atoms with Crippen molar-refractivity contribution in [2.24, 2.45) is 5.92 Å². The van der Waals surface area contributed by atoms with Gasteiger partial charge in [-0.1, -0.05) is 13.0 Å². The molecule has 0 bridgehead atoms. The normalized spacial score (nSPS) is 18.8. The van der Waals surface area contributed by atoms with Crippen molar-refractivity contribution >= 4 is 21.7 Å². The van der Waals surface area contributed by atoms with E-state index in [2.05, 4.69) is 10.9 Å². The maximum absolute atomic E-state index is 12.0. The lowest BCUT2D eigenvalue weighted by molar-refractivity contribution is -0.122. The molecule has 0 radical (unpaired) electrons. The Morgan fingerprint density at radius 2 is 2.08 bits per heavy atom. The van der Waals surface area contributed by atoms with E-state index >= 15 is 0 Å². The van der Waals surface area contributed by atoms with Crippen LogP contribution in [0.4, 0.5) is 0 Å². The summed E-state index contributed by atoms with van der Waals surface area (Å²) in [6.45, 7) is 2.55. The fraction of sp³-hybridized carbons (Fsp3) is 0.500. The molecular formula is C16H22N2O5S. The van der Waals surface area contributed by atoms with Gasteiger partial charge in [-0.3, -0.25) is 20.4 Å². The van der Waals surface area contributed by atoms with Gasteiger partial charge < -0.3 is 4.74 Å². The van der Waals surface area contributed by atoms with Crippen molar-refractivity contribution in [3.8, 4) is 5.75 Å². The Hall–Kier alpha value is -2.09. The minimum atomic E-state index is -3.01. The predicted octanol–water partition coefficient (Wildman–Crippen LogP) is 1.06. The zero-order chi connectivity index (χ0) is 17.6. The molecule has 0 spiro atoms. The highest BCUT2D eigenvalue weighted by molar-refractivity contribution is 7.91. The number of hydrogen-bond donors (Lipinski definition) is 2. The average Bonchev–Trinajstić information content (AvgIpc) is 2.89. The first-order valence-electron chi connectivity index (χ1n) is 7.92. The molecule has 2 amide bonds. The Morgan fingerprint density at radius 3 is 2.75 bits per heavy atom. The number of carbonyl (C=O) groups is 2. The minimum Gasteiger partial charge on any atom is -0.494 e. The molecule has 1 heterocycles. The van der Waals surface area contributed by atoms with E-state index in [1.54, 1.807) is 24.3 Å². The van der Waals surface area contributed by atoms with Crippen molar-refractivity contribution in [1.82, 2.24) is 10.9 Å². The lowest BCUT2D eigenvalue weighted by Crippen LogP contribution is -2.42. The third-order valence-corrected chi connectivity index (χ3v) is 5.52. The third kappa shape index (κ3) is 5.52. The molecule has 8 heteroatoms. The quantitative estimate of drug-likeness (QED) is 0.744. The second kappa shape index (κ2) is 8.14. The van der Waals surface area contributed by atoms with E-state index in [4.69, 9.17) is 4.74 Å². The SMILES string of the molecule is CCCOc1cccc(C(=O)NNC(=O)CC2CCS(=O)(=O)C2)c1. The molecule has 1 aromatic rings. The van der Waals surface area contributed by atoms with Crippen molar-refractivity contribution in [3.05, 3.63) is 29.8 Å². The number of amides is 2. The second-order valence-electron chi connectivity index (χ2n) is 5.85. The molecule has 1 saturated heterocycles. The molecule has 0 aliphatic carbocycles. The monoisotopic (exact) mass is 354 g/mol. The van der Waals surface area contributed by atoms with Gasteiger partial charge in [0.15, 0.2) is 9.84 Å². The number of nitrogens with one attached hydrogen (secondary N) is 2.